The summed E-state index contributed by atoms with van der Waals surface area (Å²) in [7, 11) is 0. The highest BCUT2D eigenvalue weighted by Crippen LogP contribution is 2.47. The second kappa shape index (κ2) is 6.23. The highest BCUT2D eigenvalue weighted by Gasteiger charge is 2.41. The first kappa shape index (κ1) is 16.1. The van der Waals surface area contributed by atoms with Gasteiger partial charge in [0.15, 0.2) is 0 Å². The largest absolute Gasteiger partial charge is 0.464 e. The summed E-state index contributed by atoms with van der Waals surface area (Å²) in [5.74, 6) is 0.520. The van der Waals surface area contributed by atoms with Crippen molar-refractivity contribution < 1.29 is 9.13 Å². The molecule has 0 amide bonds. The van der Waals surface area contributed by atoms with E-state index >= 15 is 0 Å². The number of nitrogens with zero attached hydrogens (tertiary/aromatic N) is 2. The molecule has 27 heavy (non-hydrogen) atoms. The molecule has 3 aromatic rings. The first-order valence-electron chi connectivity index (χ1n) is 9.13. The van der Waals surface area contributed by atoms with Gasteiger partial charge in [0.1, 0.15) is 11.6 Å². The lowest BCUT2D eigenvalue weighted by Crippen LogP contribution is -2.34. The van der Waals surface area contributed by atoms with Crippen LogP contribution in [0.3, 0.4) is 0 Å². The highest BCUT2D eigenvalue weighted by atomic mass is 19.1. The van der Waals surface area contributed by atoms with Gasteiger partial charge in [-0.3, -0.25) is 0 Å². The summed E-state index contributed by atoms with van der Waals surface area (Å²) in [6.45, 7) is 2.07. The number of hydrogen-bond donors (Lipinski definition) is 0. The van der Waals surface area contributed by atoms with Crippen molar-refractivity contribution in [1.82, 2.24) is 5.01 Å². The third-order valence-corrected chi connectivity index (χ3v) is 5.26. The molecule has 0 radical (unpaired) electrons. The normalized spacial score (nSPS) is 20.5. The molecule has 2 heterocycles. The Morgan fingerprint density at radius 1 is 0.926 bits per heavy atom. The average molecular weight is 358 g/mol. The third kappa shape index (κ3) is 2.69. The fourth-order valence-corrected chi connectivity index (χ4v) is 3.84. The summed E-state index contributed by atoms with van der Waals surface area (Å²) in [4.78, 5) is 0. The number of halogens is 1. The first-order valence-corrected chi connectivity index (χ1v) is 9.13. The van der Waals surface area contributed by atoms with Crippen LogP contribution in [0.4, 0.5) is 4.39 Å². The van der Waals surface area contributed by atoms with Crippen LogP contribution in [0.2, 0.25) is 0 Å². The number of benzene rings is 3. The van der Waals surface area contributed by atoms with Crippen molar-refractivity contribution in [1.29, 1.82) is 0 Å². The fraction of sp³-hybridized carbons (Fsp3) is 0.174. The van der Waals surface area contributed by atoms with Crippen LogP contribution in [-0.2, 0) is 0 Å². The zero-order valence-corrected chi connectivity index (χ0v) is 15.0. The summed E-state index contributed by atoms with van der Waals surface area (Å²) in [5.41, 5.74) is 4.91. The topological polar surface area (TPSA) is 24.8 Å². The second-order valence-corrected chi connectivity index (χ2v) is 7.04. The molecule has 4 heteroatoms. The van der Waals surface area contributed by atoms with E-state index in [9.17, 15) is 4.39 Å². The molecule has 3 nitrogen and oxygen atoms in total. The molecule has 0 N–H and O–H groups in total. The predicted molar refractivity (Wildman–Crippen MR) is 103 cm³/mol. The Hall–Kier alpha value is -3.14. The van der Waals surface area contributed by atoms with Gasteiger partial charge >= 0.3 is 0 Å². The molecule has 3 aromatic carbocycles. The van der Waals surface area contributed by atoms with E-state index in [2.05, 4.69) is 37.3 Å². The molecule has 0 unspecified atom stereocenters. The molecule has 0 bridgehead atoms. The highest BCUT2D eigenvalue weighted by molar-refractivity contribution is 6.02. The molecule has 0 aromatic heterocycles. The molecule has 0 spiro atoms. The van der Waals surface area contributed by atoms with E-state index in [1.807, 2.05) is 29.3 Å². The number of ether oxygens (including phenoxy) is 1. The lowest BCUT2D eigenvalue weighted by Gasteiger charge is -2.38. The molecule has 2 atom stereocenters. The summed E-state index contributed by atoms with van der Waals surface area (Å²) in [5, 5.41) is 6.78. The molecular formula is C23H19FN2O. The Kier molecular flexibility index (Phi) is 3.71. The van der Waals surface area contributed by atoms with Crippen LogP contribution in [0.1, 0.15) is 40.9 Å². The summed E-state index contributed by atoms with van der Waals surface area (Å²) < 4.78 is 20.7. The van der Waals surface area contributed by atoms with Gasteiger partial charge in [-0.1, -0.05) is 66.2 Å². The van der Waals surface area contributed by atoms with E-state index in [4.69, 9.17) is 9.84 Å². The Morgan fingerprint density at radius 2 is 1.63 bits per heavy atom. The van der Waals surface area contributed by atoms with Gasteiger partial charge < -0.3 is 4.74 Å². The summed E-state index contributed by atoms with van der Waals surface area (Å²) >= 11 is 0. The molecule has 2 aliphatic rings. The maximum atomic E-state index is 14.5. The third-order valence-electron chi connectivity index (χ3n) is 5.26. The lowest BCUT2D eigenvalue weighted by atomic mass is 9.95. The Morgan fingerprint density at radius 3 is 2.41 bits per heavy atom. The second-order valence-electron chi connectivity index (χ2n) is 7.04. The minimum atomic E-state index is -0.575. The predicted octanol–water partition coefficient (Wildman–Crippen LogP) is 5.38. The molecule has 134 valence electrons. The fourth-order valence-electron chi connectivity index (χ4n) is 3.84. The summed E-state index contributed by atoms with van der Waals surface area (Å²) in [6, 6.07) is 23.1. The van der Waals surface area contributed by atoms with Crippen molar-refractivity contribution >= 4 is 5.71 Å². The number of aryl methyl sites for hydroxylation is 1. The standard InChI is InChI=1S/C23H19FN2O/c1-15-10-12-16(13-11-15)20-14-21-18-7-3-5-9-22(18)27-23(26(21)25-20)17-6-2-4-8-19(17)24/h2-13,21,23H,14H2,1H3/t21-,23-/m1/s1. The number of rotatable bonds is 2. The van der Waals surface area contributed by atoms with Crippen LogP contribution in [0.25, 0.3) is 0 Å². The Balaban J connectivity index is 1.61. The van der Waals surface area contributed by atoms with Crippen LogP contribution in [0.15, 0.2) is 77.9 Å². The first-order chi connectivity index (χ1) is 13.2. The van der Waals surface area contributed by atoms with E-state index in [-0.39, 0.29) is 11.9 Å². The lowest BCUT2D eigenvalue weighted by molar-refractivity contribution is -0.0212. The van der Waals surface area contributed by atoms with Gasteiger partial charge in [-0.05, 0) is 24.6 Å². The van der Waals surface area contributed by atoms with Crippen LogP contribution in [-0.4, -0.2) is 10.7 Å². The molecule has 0 aliphatic carbocycles. The zero-order chi connectivity index (χ0) is 18.4. The smallest absolute Gasteiger partial charge is 0.216 e. The number of hydrogen-bond acceptors (Lipinski definition) is 3. The van der Waals surface area contributed by atoms with E-state index < -0.39 is 6.23 Å². The maximum Gasteiger partial charge on any atom is 0.216 e. The Labute approximate surface area is 157 Å². The van der Waals surface area contributed by atoms with Crippen molar-refractivity contribution in [2.75, 3.05) is 0 Å². The minimum Gasteiger partial charge on any atom is -0.464 e. The van der Waals surface area contributed by atoms with Gasteiger partial charge in [-0.2, -0.15) is 5.10 Å². The van der Waals surface area contributed by atoms with E-state index in [0.717, 1.165) is 29.0 Å². The zero-order valence-electron chi connectivity index (χ0n) is 15.0. The van der Waals surface area contributed by atoms with Gasteiger partial charge in [0.25, 0.3) is 0 Å². The monoisotopic (exact) mass is 358 g/mol. The summed E-state index contributed by atoms with van der Waals surface area (Å²) in [6.07, 6.45) is 0.197. The van der Waals surface area contributed by atoms with Gasteiger partial charge in [-0.25, -0.2) is 9.40 Å². The van der Waals surface area contributed by atoms with Gasteiger partial charge in [0.2, 0.25) is 6.23 Å². The van der Waals surface area contributed by atoms with E-state index in [0.29, 0.717) is 5.56 Å². The Bertz CT molecular complexity index is 1030. The maximum absolute atomic E-state index is 14.5. The molecular weight excluding hydrogens is 339 g/mol. The van der Waals surface area contributed by atoms with E-state index in [1.54, 1.807) is 12.1 Å². The van der Waals surface area contributed by atoms with Gasteiger partial charge in [0, 0.05) is 12.0 Å². The van der Waals surface area contributed by atoms with Crippen molar-refractivity contribution in [3.63, 3.8) is 0 Å². The van der Waals surface area contributed by atoms with Crippen molar-refractivity contribution in [3.05, 3.63) is 101 Å². The molecule has 5 rings (SSSR count). The van der Waals surface area contributed by atoms with Crippen molar-refractivity contribution in [3.8, 4) is 5.75 Å². The quantitative estimate of drug-likeness (QED) is 0.615. The number of fused-ring (bicyclic) bond motifs is 3. The van der Waals surface area contributed by atoms with Crippen LogP contribution in [0, 0.1) is 12.7 Å². The minimum absolute atomic E-state index is 0.0378. The van der Waals surface area contributed by atoms with Gasteiger partial charge in [0.05, 0.1) is 17.3 Å². The van der Waals surface area contributed by atoms with Crippen LogP contribution >= 0.6 is 0 Å². The van der Waals surface area contributed by atoms with E-state index in [1.165, 1.54) is 11.6 Å². The van der Waals surface area contributed by atoms with Crippen LogP contribution < -0.4 is 4.74 Å². The number of para-hydroxylation sites is 1. The van der Waals surface area contributed by atoms with Crippen LogP contribution in [0.5, 0.6) is 5.75 Å². The molecule has 0 saturated heterocycles. The SMILES string of the molecule is Cc1ccc(C2=NN3[C@H](C2)c2ccccc2O[C@@H]3c2ccccc2F)cc1. The average Bonchev–Trinajstić information content (AvgIpc) is 3.14. The molecule has 2 aliphatic heterocycles. The molecule has 0 fully saturated rings. The van der Waals surface area contributed by atoms with Crippen molar-refractivity contribution in [2.45, 2.75) is 25.6 Å². The van der Waals surface area contributed by atoms with Crippen molar-refractivity contribution in [2.24, 2.45) is 5.10 Å². The molecule has 0 saturated carbocycles. The number of hydrazone groups is 1. The van der Waals surface area contributed by atoms with Gasteiger partial charge in [-0.15, -0.1) is 0 Å².